The number of nitrogens with zero attached hydrogens (tertiary/aromatic N) is 1. The Labute approximate surface area is 95.7 Å². The molecule has 15 heavy (non-hydrogen) atoms. The average molecular weight is 232 g/mol. The summed E-state index contributed by atoms with van der Waals surface area (Å²) in [7, 11) is 0. The fraction of sp³-hybridized carbons (Fsp3) is 0.727. The Kier molecular flexibility index (Phi) is 4.17. The Morgan fingerprint density at radius 1 is 1.60 bits per heavy atom. The highest BCUT2D eigenvalue weighted by Gasteiger charge is 2.40. The molecule has 0 spiro atoms. The van der Waals surface area contributed by atoms with Crippen LogP contribution in [0.15, 0.2) is 11.1 Å². The highest BCUT2D eigenvalue weighted by molar-refractivity contribution is 6.25. The zero-order valence-corrected chi connectivity index (χ0v) is 10.0. The number of carboxylic acids is 1. The van der Waals surface area contributed by atoms with Crippen LogP contribution in [-0.2, 0) is 4.79 Å². The number of piperidine rings is 1. The first-order valence-corrected chi connectivity index (χ1v) is 5.68. The molecule has 4 heteroatoms. The molecule has 1 atom stereocenters. The molecular formula is C11H18ClNO2. The molecule has 3 nitrogen and oxygen atoms in total. The van der Waals surface area contributed by atoms with Crippen molar-refractivity contribution in [2.45, 2.75) is 38.6 Å². The molecule has 1 aliphatic heterocycles. The Balaban J connectivity index is 2.78. The molecule has 0 aromatic rings. The van der Waals surface area contributed by atoms with Crippen molar-refractivity contribution in [1.82, 2.24) is 4.90 Å². The fourth-order valence-corrected chi connectivity index (χ4v) is 2.08. The molecule has 1 unspecified atom stereocenters. The van der Waals surface area contributed by atoms with Crippen LogP contribution in [0.4, 0.5) is 0 Å². The summed E-state index contributed by atoms with van der Waals surface area (Å²) < 4.78 is 0. The van der Waals surface area contributed by atoms with Crippen molar-refractivity contribution >= 4 is 17.6 Å². The molecule has 1 rings (SSSR count). The van der Waals surface area contributed by atoms with E-state index in [4.69, 9.17) is 11.6 Å². The monoisotopic (exact) mass is 231 g/mol. The van der Waals surface area contributed by atoms with Gasteiger partial charge in [-0.2, -0.15) is 0 Å². The second kappa shape index (κ2) is 4.99. The van der Waals surface area contributed by atoms with Gasteiger partial charge in [0.25, 0.3) is 0 Å². The van der Waals surface area contributed by atoms with Crippen molar-refractivity contribution < 1.29 is 9.90 Å². The molecule has 0 bridgehead atoms. The topological polar surface area (TPSA) is 40.5 Å². The van der Waals surface area contributed by atoms with Gasteiger partial charge in [0.15, 0.2) is 0 Å². The fourth-order valence-electron chi connectivity index (χ4n) is 2.01. The minimum Gasteiger partial charge on any atom is -0.480 e. The normalized spacial score (nSPS) is 29.1. The van der Waals surface area contributed by atoms with Crippen LogP contribution in [-0.4, -0.2) is 34.6 Å². The highest BCUT2D eigenvalue weighted by Crippen LogP contribution is 2.28. The second-order valence-corrected chi connectivity index (χ2v) is 4.63. The Morgan fingerprint density at radius 3 is 2.80 bits per heavy atom. The summed E-state index contributed by atoms with van der Waals surface area (Å²) in [5.74, 6) is -0.732. The Hall–Kier alpha value is -0.540. The maximum Gasteiger partial charge on any atom is 0.323 e. The first-order chi connectivity index (χ1) is 7.00. The molecule has 0 aliphatic carbocycles. The molecular weight excluding hydrogens is 214 g/mol. The van der Waals surface area contributed by atoms with Crippen LogP contribution in [0.5, 0.6) is 0 Å². The Bertz CT molecular complexity index is 278. The van der Waals surface area contributed by atoms with Crippen molar-refractivity contribution in [1.29, 1.82) is 0 Å². The van der Waals surface area contributed by atoms with E-state index in [-0.39, 0.29) is 0 Å². The summed E-state index contributed by atoms with van der Waals surface area (Å²) in [6.45, 7) is 5.21. The van der Waals surface area contributed by atoms with E-state index in [1.165, 1.54) is 5.54 Å². The van der Waals surface area contributed by atoms with Gasteiger partial charge in [0.05, 0.1) is 0 Å². The van der Waals surface area contributed by atoms with Gasteiger partial charge in [-0.15, -0.1) is 0 Å². The van der Waals surface area contributed by atoms with Gasteiger partial charge in [-0.3, -0.25) is 9.69 Å². The third-order valence-corrected chi connectivity index (χ3v) is 3.50. The van der Waals surface area contributed by atoms with Crippen LogP contribution < -0.4 is 0 Å². The number of carbonyl (C=O) groups is 1. The summed E-state index contributed by atoms with van der Waals surface area (Å²) in [5.41, 5.74) is 1.81. The van der Waals surface area contributed by atoms with E-state index in [1.54, 1.807) is 6.92 Å². The minimum absolute atomic E-state index is 0.645. The second-order valence-electron chi connectivity index (χ2n) is 4.41. The number of hydrogen-bond acceptors (Lipinski definition) is 2. The van der Waals surface area contributed by atoms with Crippen LogP contribution in [0.3, 0.4) is 0 Å². The standard InChI is InChI=1S/C11H18ClNO2/c1-9(7-12)8-13-6-4-3-5-11(13,2)10(14)15/h7H,3-6,8H2,1-2H3,(H,14,15). The van der Waals surface area contributed by atoms with Gasteiger partial charge in [-0.05, 0) is 45.2 Å². The van der Waals surface area contributed by atoms with Gasteiger partial charge < -0.3 is 5.11 Å². The number of aliphatic carboxylic acids is 1. The molecule has 1 aliphatic rings. The largest absolute Gasteiger partial charge is 0.480 e. The van der Waals surface area contributed by atoms with E-state index >= 15 is 0 Å². The van der Waals surface area contributed by atoms with Gasteiger partial charge in [0.2, 0.25) is 0 Å². The lowest BCUT2D eigenvalue weighted by atomic mass is 9.88. The number of hydrogen-bond donors (Lipinski definition) is 1. The quantitative estimate of drug-likeness (QED) is 0.811. The predicted molar refractivity (Wildman–Crippen MR) is 61.1 cm³/mol. The molecule has 1 N–H and O–H groups in total. The molecule has 1 fully saturated rings. The van der Waals surface area contributed by atoms with Crippen LogP contribution in [0.1, 0.15) is 33.1 Å². The van der Waals surface area contributed by atoms with Crippen LogP contribution in [0.25, 0.3) is 0 Å². The molecule has 0 aromatic heterocycles. The number of rotatable bonds is 3. The van der Waals surface area contributed by atoms with Gasteiger partial charge in [0, 0.05) is 12.1 Å². The Morgan fingerprint density at radius 2 is 2.27 bits per heavy atom. The van der Waals surface area contributed by atoms with Gasteiger partial charge in [-0.1, -0.05) is 11.6 Å². The molecule has 1 saturated heterocycles. The number of carboxylic acid groups (broad SMARTS) is 1. The molecule has 0 saturated carbocycles. The maximum absolute atomic E-state index is 11.3. The van der Waals surface area contributed by atoms with E-state index in [9.17, 15) is 9.90 Å². The smallest absolute Gasteiger partial charge is 0.323 e. The summed E-state index contributed by atoms with van der Waals surface area (Å²) in [6, 6.07) is 0. The zero-order valence-electron chi connectivity index (χ0n) is 9.29. The highest BCUT2D eigenvalue weighted by atomic mass is 35.5. The van der Waals surface area contributed by atoms with Gasteiger partial charge in [-0.25, -0.2) is 0 Å². The van der Waals surface area contributed by atoms with E-state index in [2.05, 4.69) is 0 Å². The lowest BCUT2D eigenvalue weighted by Crippen LogP contribution is -2.55. The molecule has 86 valence electrons. The van der Waals surface area contributed by atoms with Crippen molar-refractivity contribution in [2.75, 3.05) is 13.1 Å². The van der Waals surface area contributed by atoms with Gasteiger partial charge in [0.1, 0.15) is 5.54 Å². The van der Waals surface area contributed by atoms with Crippen molar-refractivity contribution in [3.05, 3.63) is 11.1 Å². The van der Waals surface area contributed by atoms with Crippen molar-refractivity contribution in [2.24, 2.45) is 0 Å². The van der Waals surface area contributed by atoms with Crippen LogP contribution >= 0.6 is 11.6 Å². The zero-order chi connectivity index (χ0) is 11.5. The van der Waals surface area contributed by atoms with E-state index in [1.807, 2.05) is 11.8 Å². The number of halogens is 1. The van der Waals surface area contributed by atoms with Crippen molar-refractivity contribution in [3.63, 3.8) is 0 Å². The average Bonchev–Trinajstić information content (AvgIpc) is 2.21. The van der Waals surface area contributed by atoms with Crippen LogP contribution in [0.2, 0.25) is 0 Å². The lowest BCUT2D eigenvalue weighted by molar-refractivity contribution is -0.152. The maximum atomic E-state index is 11.3. The molecule has 0 radical (unpaired) electrons. The lowest BCUT2D eigenvalue weighted by Gasteiger charge is -2.41. The number of likely N-dealkylation sites (tertiary alicyclic amines) is 1. The summed E-state index contributed by atoms with van der Waals surface area (Å²) in [6.07, 6.45) is 2.78. The third kappa shape index (κ3) is 2.73. The first kappa shape index (κ1) is 12.5. The van der Waals surface area contributed by atoms with E-state index in [0.717, 1.165) is 31.4 Å². The van der Waals surface area contributed by atoms with E-state index in [0.29, 0.717) is 6.54 Å². The summed E-state index contributed by atoms with van der Waals surface area (Å²) >= 11 is 5.61. The molecule has 0 amide bonds. The first-order valence-electron chi connectivity index (χ1n) is 5.25. The summed E-state index contributed by atoms with van der Waals surface area (Å²) in [5, 5.41) is 9.26. The van der Waals surface area contributed by atoms with E-state index < -0.39 is 11.5 Å². The van der Waals surface area contributed by atoms with Gasteiger partial charge >= 0.3 is 5.97 Å². The SMILES string of the molecule is CC(=CCl)CN1CCCCC1(C)C(=O)O. The third-order valence-electron chi connectivity index (χ3n) is 3.13. The molecule has 0 aromatic carbocycles. The van der Waals surface area contributed by atoms with Crippen molar-refractivity contribution in [3.8, 4) is 0 Å². The van der Waals surface area contributed by atoms with Crippen LogP contribution in [0, 0.1) is 0 Å². The molecule has 1 heterocycles. The minimum atomic E-state index is -0.732. The predicted octanol–water partition coefficient (Wildman–Crippen LogP) is 2.46. The summed E-state index contributed by atoms with van der Waals surface area (Å²) in [4.78, 5) is 13.3.